The number of para-hydroxylation sites is 1. The Hall–Kier alpha value is -3.88. The Kier molecular flexibility index (Phi) is 4.64. The molecule has 0 saturated carbocycles. The molecule has 4 rings (SSSR count). The Balaban J connectivity index is 1.48. The Morgan fingerprint density at radius 1 is 0.926 bits per heavy atom. The predicted molar refractivity (Wildman–Crippen MR) is 103 cm³/mol. The average Bonchev–Trinajstić information content (AvgIpc) is 3.16. The van der Waals surface area contributed by atoms with Crippen molar-refractivity contribution in [1.82, 2.24) is 15.0 Å². The molecule has 9 nitrogen and oxygen atoms in total. The molecular formula is C18H17N7O2. The van der Waals surface area contributed by atoms with E-state index in [4.69, 9.17) is 9.47 Å². The van der Waals surface area contributed by atoms with E-state index in [9.17, 15) is 0 Å². The van der Waals surface area contributed by atoms with E-state index in [0.717, 1.165) is 17.0 Å². The van der Waals surface area contributed by atoms with Crippen molar-refractivity contribution in [2.75, 3.05) is 29.9 Å². The van der Waals surface area contributed by atoms with E-state index in [1.807, 2.05) is 48.5 Å². The van der Waals surface area contributed by atoms with E-state index in [2.05, 4.69) is 36.1 Å². The van der Waals surface area contributed by atoms with Crippen molar-refractivity contribution < 1.29 is 9.47 Å². The topological polar surface area (TPSA) is 106 Å². The number of nitrogens with one attached hydrogen (secondary N) is 3. The molecular weight excluding hydrogens is 346 g/mol. The molecule has 0 radical (unpaired) electrons. The SMILES string of the molecule is CNc1nc(N/N=C\c2ccc3c(c2)OCO3)nc(Nc2ccccc2)n1. The monoisotopic (exact) mass is 363 g/mol. The maximum absolute atomic E-state index is 5.35. The molecule has 0 amide bonds. The average molecular weight is 363 g/mol. The van der Waals surface area contributed by atoms with Crippen LogP contribution in [-0.4, -0.2) is 35.0 Å². The van der Waals surface area contributed by atoms with Gasteiger partial charge in [-0.1, -0.05) is 18.2 Å². The minimum absolute atomic E-state index is 0.239. The van der Waals surface area contributed by atoms with Gasteiger partial charge in [0.2, 0.25) is 24.6 Å². The summed E-state index contributed by atoms with van der Waals surface area (Å²) in [5.74, 6) is 2.56. The first-order valence-corrected chi connectivity index (χ1v) is 8.25. The minimum atomic E-state index is 0.239. The van der Waals surface area contributed by atoms with Gasteiger partial charge in [-0.15, -0.1) is 0 Å². The van der Waals surface area contributed by atoms with Gasteiger partial charge < -0.3 is 20.1 Å². The molecule has 0 atom stereocenters. The van der Waals surface area contributed by atoms with Gasteiger partial charge in [-0.25, -0.2) is 5.43 Å². The highest BCUT2D eigenvalue weighted by Crippen LogP contribution is 2.32. The molecule has 9 heteroatoms. The Labute approximate surface area is 155 Å². The van der Waals surface area contributed by atoms with Crippen molar-refractivity contribution in [1.29, 1.82) is 0 Å². The van der Waals surface area contributed by atoms with Crippen LogP contribution < -0.4 is 25.5 Å². The van der Waals surface area contributed by atoms with E-state index in [1.54, 1.807) is 13.3 Å². The molecule has 3 aromatic rings. The van der Waals surface area contributed by atoms with Crippen molar-refractivity contribution in [3.8, 4) is 11.5 Å². The largest absolute Gasteiger partial charge is 0.454 e. The smallest absolute Gasteiger partial charge is 0.250 e. The van der Waals surface area contributed by atoms with E-state index in [-0.39, 0.29) is 6.79 Å². The number of ether oxygens (including phenoxy) is 2. The summed E-state index contributed by atoms with van der Waals surface area (Å²) in [5, 5.41) is 10.2. The van der Waals surface area contributed by atoms with Crippen LogP contribution in [0.3, 0.4) is 0 Å². The number of hydrogen-bond donors (Lipinski definition) is 3. The van der Waals surface area contributed by atoms with Crippen LogP contribution in [0, 0.1) is 0 Å². The summed E-state index contributed by atoms with van der Waals surface area (Å²) in [6.07, 6.45) is 1.65. The van der Waals surface area contributed by atoms with Crippen LogP contribution in [0.1, 0.15) is 5.56 Å². The fourth-order valence-corrected chi connectivity index (χ4v) is 2.40. The fraction of sp³-hybridized carbons (Fsp3) is 0.111. The Bertz CT molecular complexity index is 963. The van der Waals surface area contributed by atoms with Crippen molar-refractivity contribution in [2.45, 2.75) is 0 Å². The lowest BCUT2D eigenvalue weighted by atomic mass is 10.2. The molecule has 1 aromatic heterocycles. The summed E-state index contributed by atoms with van der Waals surface area (Å²) in [6.45, 7) is 0.239. The Morgan fingerprint density at radius 2 is 1.70 bits per heavy atom. The first-order valence-electron chi connectivity index (χ1n) is 8.25. The van der Waals surface area contributed by atoms with Gasteiger partial charge in [0.15, 0.2) is 11.5 Å². The van der Waals surface area contributed by atoms with Gasteiger partial charge >= 0.3 is 0 Å². The highest BCUT2D eigenvalue weighted by Gasteiger charge is 2.12. The fourth-order valence-electron chi connectivity index (χ4n) is 2.40. The van der Waals surface area contributed by atoms with Gasteiger partial charge in [-0.05, 0) is 35.9 Å². The van der Waals surface area contributed by atoms with Crippen LogP contribution >= 0.6 is 0 Å². The zero-order chi connectivity index (χ0) is 18.5. The molecule has 0 aliphatic carbocycles. The molecule has 0 bridgehead atoms. The van der Waals surface area contributed by atoms with Crippen molar-refractivity contribution in [3.05, 3.63) is 54.1 Å². The lowest BCUT2D eigenvalue weighted by Crippen LogP contribution is -2.07. The molecule has 3 N–H and O–H groups in total. The lowest BCUT2D eigenvalue weighted by molar-refractivity contribution is 0.174. The number of fused-ring (bicyclic) bond motifs is 1. The number of benzene rings is 2. The van der Waals surface area contributed by atoms with Crippen LogP contribution in [0.5, 0.6) is 11.5 Å². The number of nitrogens with zero attached hydrogens (tertiary/aromatic N) is 4. The second-order valence-electron chi connectivity index (χ2n) is 5.53. The predicted octanol–water partition coefficient (Wildman–Crippen LogP) is 2.83. The van der Waals surface area contributed by atoms with Crippen LogP contribution in [0.4, 0.5) is 23.5 Å². The van der Waals surface area contributed by atoms with Crippen molar-refractivity contribution in [2.24, 2.45) is 5.10 Å². The third kappa shape index (κ3) is 4.03. The second kappa shape index (κ2) is 7.56. The molecule has 0 saturated heterocycles. The lowest BCUT2D eigenvalue weighted by Gasteiger charge is -2.08. The van der Waals surface area contributed by atoms with E-state index in [1.165, 1.54) is 0 Å². The van der Waals surface area contributed by atoms with Gasteiger partial charge in [-0.3, -0.25) is 0 Å². The maximum atomic E-state index is 5.35. The zero-order valence-electron chi connectivity index (χ0n) is 14.5. The Morgan fingerprint density at radius 3 is 2.56 bits per heavy atom. The molecule has 0 spiro atoms. The standard InChI is InChI=1S/C18H17N7O2/c1-19-16-22-17(21-13-5-3-2-4-6-13)24-18(23-16)25-20-10-12-7-8-14-15(9-12)27-11-26-14/h2-10H,11H2,1H3,(H3,19,21,22,23,24,25)/b20-10-. The van der Waals surface area contributed by atoms with E-state index < -0.39 is 0 Å². The quantitative estimate of drug-likeness (QED) is 0.453. The number of hydrogen-bond acceptors (Lipinski definition) is 9. The first kappa shape index (κ1) is 16.6. The molecule has 0 fully saturated rings. The zero-order valence-corrected chi connectivity index (χ0v) is 14.5. The summed E-state index contributed by atoms with van der Waals surface area (Å²) in [4.78, 5) is 12.8. The molecule has 1 aliphatic heterocycles. The van der Waals surface area contributed by atoms with Crippen LogP contribution in [0.25, 0.3) is 0 Å². The third-order valence-corrected chi connectivity index (χ3v) is 3.66. The number of hydrazone groups is 1. The normalized spacial score (nSPS) is 12.2. The first-order chi connectivity index (χ1) is 13.3. The van der Waals surface area contributed by atoms with Crippen LogP contribution in [-0.2, 0) is 0 Å². The van der Waals surface area contributed by atoms with Gasteiger partial charge in [0.05, 0.1) is 6.21 Å². The number of anilines is 4. The number of aromatic nitrogens is 3. The molecule has 136 valence electrons. The molecule has 1 aliphatic rings. The molecule has 2 heterocycles. The van der Waals surface area contributed by atoms with Crippen LogP contribution in [0.2, 0.25) is 0 Å². The summed E-state index contributed by atoms with van der Waals surface area (Å²) in [5.41, 5.74) is 4.55. The third-order valence-electron chi connectivity index (χ3n) is 3.66. The molecule has 27 heavy (non-hydrogen) atoms. The second-order valence-corrected chi connectivity index (χ2v) is 5.53. The van der Waals surface area contributed by atoms with Gasteiger partial charge in [0, 0.05) is 12.7 Å². The summed E-state index contributed by atoms with van der Waals surface area (Å²) >= 11 is 0. The molecule has 0 unspecified atom stereocenters. The van der Waals surface area contributed by atoms with Crippen molar-refractivity contribution >= 4 is 29.7 Å². The van der Waals surface area contributed by atoms with Crippen LogP contribution in [0.15, 0.2) is 53.6 Å². The maximum Gasteiger partial charge on any atom is 0.250 e. The molecule has 2 aromatic carbocycles. The van der Waals surface area contributed by atoms with E-state index >= 15 is 0 Å². The summed E-state index contributed by atoms with van der Waals surface area (Å²) in [7, 11) is 1.74. The summed E-state index contributed by atoms with van der Waals surface area (Å²) < 4.78 is 10.6. The van der Waals surface area contributed by atoms with Crippen molar-refractivity contribution in [3.63, 3.8) is 0 Å². The van der Waals surface area contributed by atoms with Gasteiger partial charge in [0.25, 0.3) is 0 Å². The number of rotatable bonds is 6. The highest BCUT2D eigenvalue weighted by molar-refractivity contribution is 5.81. The summed E-state index contributed by atoms with van der Waals surface area (Å²) in [6, 6.07) is 15.2. The van der Waals surface area contributed by atoms with Gasteiger partial charge in [0.1, 0.15) is 0 Å². The van der Waals surface area contributed by atoms with Gasteiger partial charge in [-0.2, -0.15) is 20.1 Å². The highest BCUT2D eigenvalue weighted by atomic mass is 16.7. The minimum Gasteiger partial charge on any atom is -0.454 e. The van der Waals surface area contributed by atoms with E-state index in [0.29, 0.717) is 23.6 Å².